The summed E-state index contributed by atoms with van der Waals surface area (Å²) >= 11 is 0. The van der Waals surface area contributed by atoms with E-state index in [1.165, 1.54) is 7.11 Å². The van der Waals surface area contributed by atoms with E-state index in [1.807, 2.05) is 0 Å². The molecule has 0 N–H and O–H groups in total. The number of fused-ring (bicyclic) bond motifs is 1. The third-order valence-corrected chi connectivity index (χ3v) is 4.90. The van der Waals surface area contributed by atoms with Crippen molar-refractivity contribution in [2.24, 2.45) is 9.98 Å². The lowest BCUT2D eigenvalue weighted by Gasteiger charge is -2.25. The number of ether oxygens (including phenoxy) is 3. The molecule has 0 amide bonds. The highest BCUT2D eigenvalue weighted by atomic mass is 32.2. The monoisotopic (exact) mass is 350 g/mol. The van der Waals surface area contributed by atoms with Gasteiger partial charge in [-0.25, -0.2) is 13.5 Å². The van der Waals surface area contributed by atoms with Crippen LogP contribution < -0.4 is 9.47 Å². The molecule has 0 saturated carbocycles. The largest absolute Gasteiger partial charge is 0.499 e. The molecule has 24 heavy (non-hydrogen) atoms. The van der Waals surface area contributed by atoms with E-state index < -0.39 is 11.0 Å². The zero-order valence-corrected chi connectivity index (χ0v) is 14.5. The number of pyridine rings is 1. The smallest absolute Gasteiger partial charge is 0.183 e. The van der Waals surface area contributed by atoms with Crippen LogP contribution in [0.25, 0.3) is 0 Å². The Labute approximate surface area is 142 Å². The van der Waals surface area contributed by atoms with Crippen LogP contribution in [0.5, 0.6) is 11.5 Å². The number of methoxy groups -OCH3 is 3. The molecule has 0 radical (unpaired) electrons. The molecule has 3 heterocycles. The summed E-state index contributed by atoms with van der Waals surface area (Å²) in [5.41, 5.74) is 1.33. The van der Waals surface area contributed by atoms with Gasteiger partial charge >= 0.3 is 0 Å². The molecule has 0 bridgehead atoms. The van der Waals surface area contributed by atoms with Crippen LogP contribution in [0.3, 0.4) is 0 Å². The van der Waals surface area contributed by atoms with Crippen LogP contribution in [0.2, 0.25) is 0 Å². The quantitative estimate of drug-likeness (QED) is 0.771. The highest BCUT2D eigenvalue weighted by Gasteiger charge is 2.30. The Morgan fingerprint density at radius 2 is 2.04 bits per heavy atom. The van der Waals surface area contributed by atoms with E-state index in [9.17, 15) is 4.21 Å². The topological polar surface area (TPSA) is 85.6 Å². The predicted octanol–water partition coefficient (Wildman–Crippen LogP) is 1.27. The average Bonchev–Trinajstić information content (AvgIpc) is 3.08. The van der Waals surface area contributed by atoms with Gasteiger partial charge in [0.1, 0.15) is 29.1 Å². The van der Waals surface area contributed by atoms with Crippen molar-refractivity contribution < 1.29 is 18.4 Å². The van der Waals surface area contributed by atoms with E-state index in [2.05, 4.69) is 15.0 Å². The maximum Gasteiger partial charge on any atom is 0.183 e. The molecule has 0 unspecified atom stereocenters. The third-order valence-electron chi connectivity index (χ3n) is 3.66. The summed E-state index contributed by atoms with van der Waals surface area (Å²) in [7, 11) is 3.21. The predicted molar refractivity (Wildman–Crippen MR) is 90.5 cm³/mol. The van der Waals surface area contributed by atoms with Gasteiger partial charge in [-0.2, -0.15) is 0 Å². The van der Waals surface area contributed by atoms with Gasteiger partial charge in [0.05, 0.1) is 45.4 Å². The molecule has 3 rings (SSSR count). The Morgan fingerprint density at radius 3 is 2.75 bits per heavy atom. The van der Waals surface area contributed by atoms with Gasteiger partial charge in [-0.15, -0.1) is 0 Å². The van der Waals surface area contributed by atoms with Gasteiger partial charge in [0, 0.05) is 12.3 Å². The molecule has 2 aliphatic heterocycles. The lowest BCUT2D eigenvalue weighted by molar-refractivity contribution is 0.281. The molecule has 0 fully saturated rings. The minimum absolute atomic E-state index is 0.153. The van der Waals surface area contributed by atoms with Crippen molar-refractivity contribution in [1.29, 1.82) is 0 Å². The first kappa shape index (κ1) is 16.4. The second-order valence-corrected chi connectivity index (χ2v) is 6.31. The van der Waals surface area contributed by atoms with Gasteiger partial charge in [-0.3, -0.25) is 9.98 Å². The van der Waals surface area contributed by atoms with Crippen LogP contribution in [0, 0.1) is 0 Å². The summed E-state index contributed by atoms with van der Waals surface area (Å²) in [6, 6.07) is 1.70. The number of allylic oxidation sites excluding steroid dienone is 1. The van der Waals surface area contributed by atoms with E-state index in [0.29, 0.717) is 41.9 Å². The molecule has 0 aliphatic carbocycles. The summed E-state index contributed by atoms with van der Waals surface area (Å²) in [6.45, 7) is 0.351. The van der Waals surface area contributed by atoms with Gasteiger partial charge in [-0.05, 0) is 0 Å². The van der Waals surface area contributed by atoms with Crippen molar-refractivity contribution >= 4 is 22.5 Å². The summed E-state index contributed by atoms with van der Waals surface area (Å²) in [4.78, 5) is 12.9. The molecule has 0 spiro atoms. The number of aromatic nitrogens is 1. The molecule has 2 aliphatic rings. The van der Waals surface area contributed by atoms with Crippen molar-refractivity contribution in [3.05, 3.63) is 29.9 Å². The SMILES string of the molecule is COC1=CN([S@](=O)Cc2nccc(OC)c2OC)C2=NCN=C2C1. The van der Waals surface area contributed by atoms with Crippen molar-refractivity contribution in [1.82, 2.24) is 9.29 Å². The first-order valence-electron chi connectivity index (χ1n) is 7.24. The van der Waals surface area contributed by atoms with Gasteiger partial charge in [0.2, 0.25) is 0 Å². The number of aliphatic imine (C=N–C) groups is 2. The Balaban J connectivity index is 1.88. The van der Waals surface area contributed by atoms with E-state index in [1.54, 1.807) is 37.0 Å². The Kier molecular flexibility index (Phi) is 4.79. The van der Waals surface area contributed by atoms with Crippen molar-refractivity contribution in [2.75, 3.05) is 28.0 Å². The minimum Gasteiger partial charge on any atom is -0.499 e. The fraction of sp³-hybridized carbons (Fsp3) is 0.400. The molecule has 8 nitrogen and oxygen atoms in total. The van der Waals surface area contributed by atoms with Crippen molar-refractivity contribution in [2.45, 2.75) is 12.2 Å². The summed E-state index contributed by atoms with van der Waals surface area (Å²) in [6.07, 6.45) is 3.86. The van der Waals surface area contributed by atoms with Crippen molar-refractivity contribution in [3.63, 3.8) is 0 Å². The number of nitrogens with zero attached hydrogens (tertiary/aromatic N) is 4. The Morgan fingerprint density at radius 1 is 1.21 bits per heavy atom. The fourth-order valence-corrected chi connectivity index (χ4v) is 3.67. The fourth-order valence-electron chi connectivity index (χ4n) is 2.50. The van der Waals surface area contributed by atoms with E-state index in [0.717, 1.165) is 5.71 Å². The highest BCUT2D eigenvalue weighted by Crippen LogP contribution is 2.30. The average molecular weight is 350 g/mol. The molecular formula is C15H18N4O4S. The second-order valence-electron chi connectivity index (χ2n) is 4.99. The van der Waals surface area contributed by atoms with Gasteiger partial charge in [-0.1, -0.05) is 0 Å². The van der Waals surface area contributed by atoms with Crippen LogP contribution in [-0.4, -0.2) is 53.0 Å². The number of rotatable bonds is 6. The van der Waals surface area contributed by atoms with Crippen LogP contribution in [0.1, 0.15) is 12.1 Å². The van der Waals surface area contributed by atoms with Crippen molar-refractivity contribution in [3.8, 4) is 11.5 Å². The molecular weight excluding hydrogens is 332 g/mol. The number of hydrogen-bond acceptors (Lipinski definition) is 7. The van der Waals surface area contributed by atoms with E-state index in [4.69, 9.17) is 14.2 Å². The maximum absolute atomic E-state index is 12.9. The van der Waals surface area contributed by atoms with Gasteiger partial charge in [0.25, 0.3) is 0 Å². The summed E-state index contributed by atoms with van der Waals surface area (Å²) < 4.78 is 30.4. The first-order valence-corrected chi connectivity index (χ1v) is 8.52. The lowest BCUT2D eigenvalue weighted by Crippen LogP contribution is -2.37. The normalized spacial score (nSPS) is 17.5. The molecule has 9 heteroatoms. The summed E-state index contributed by atoms with van der Waals surface area (Å²) in [5.74, 6) is 2.49. The maximum atomic E-state index is 12.9. The van der Waals surface area contributed by atoms with Crippen LogP contribution >= 0.6 is 0 Å². The van der Waals surface area contributed by atoms with Crippen LogP contribution in [0.4, 0.5) is 0 Å². The number of amidine groups is 1. The molecule has 128 valence electrons. The zero-order chi connectivity index (χ0) is 17.1. The van der Waals surface area contributed by atoms with E-state index >= 15 is 0 Å². The van der Waals surface area contributed by atoms with Crippen LogP contribution in [0.15, 0.2) is 34.2 Å². The van der Waals surface area contributed by atoms with E-state index in [-0.39, 0.29) is 5.75 Å². The first-order chi connectivity index (χ1) is 11.7. The molecule has 0 saturated heterocycles. The molecule has 0 aromatic carbocycles. The second kappa shape index (κ2) is 7.00. The third kappa shape index (κ3) is 2.99. The zero-order valence-electron chi connectivity index (χ0n) is 13.7. The Hall–Kier alpha value is -2.42. The highest BCUT2D eigenvalue weighted by molar-refractivity contribution is 7.82. The van der Waals surface area contributed by atoms with Gasteiger partial charge < -0.3 is 14.2 Å². The molecule has 1 aromatic heterocycles. The molecule has 1 atom stereocenters. The van der Waals surface area contributed by atoms with Crippen LogP contribution in [-0.2, 0) is 21.5 Å². The number of hydrogen-bond donors (Lipinski definition) is 0. The Bertz CT molecular complexity index is 760. The standard InChI is InChI=1S/C15H18N4O4S/c1-21-10-6-11-15(18-9-17-11)19(7-10)24(20)8-12-14(23-3)13(22-2)4-5-16-12/h4-5,7H,6,8-9H2,1-3H3/t24-/m1/s1. The lowest BCUT2D eigenvalue weighted by atomic mass is 10.2. The molecule has 1 aromatic rings. The minimum atomic E-state index is -1.45. The summed E-state index contributed by atoms with van der Waals surface area (Å²) in [5, 5.41) is 0. The van der Waals surface area contributed by atoms with Gasteiger partial charge in [0.15, 0.2) is 17.3 Å².